The Balaban J connectivity index is 2.19. The van der Waals surface area contributed by atoms with E-state index in [0.29, 0.717) is 6.42 Å². The van der Waals surface area contributed by atoms with Crippen molar-refractivity contribution in [2.75, 3.05) is 19.3 Å². The van der Waals surface area contributed by atoms with Gasteiger partial charge in [0.25, 0.3) is 5.72 Å². The maximum atomic E-state index is 13.0. The number of rotatable bonds is 2. The van der Waals surface area contributed by atoms with Gasteiger partial charge in [0.15, 0.2) is 0 Å². The molecule has 1 fully saturated rings. The average Bonchev–Trinajstić information content (AvgIpc) is 2.80. The molecule has 1 N–H and O–H groups in total. The van der Waals surface area contributed by atoms with Gasteiger partial charge in [0.1, 0.15) is 0 Å². The first-order chi connectivity index (χ1) is 9.97. The molecule has 0 spiro atoms. The van der Waals surface area contributed by atoms with E-state index in [0.717, 1.165) is 16.8 Å². The number of sulfonamides is 1. The number of alkyl halides is 3. The molecule has 11 heteroatoms. The van der Waals surface area contributed by atoms with Gasteiger partial charge in [-0.2, -0.15) is 23.3 Å². The molecule has 2 atom stereocenters. The number of piperidine rings is 1. The van der Waals surface area contributed by atoms with E-state index in [-0.39, 0.29) is 24.5 Å². The number of aliphatic hydroxyl groups is 1. The highest BCUT2D eigenvalue weighted by Gasteiger charge is 2.62. The van der Waals surface area contributed by atoms with Crippen molar-refractivity contribution in [1.82, 2.24) is 9.31 Å². The zero-order valence-corrected chi connectivity index (χ0v) is 12.6. The maximum absolute atomic E-state index is 13.0. The summed E-state index contributed by atoms with van der Waals surface area (Å²) in [6, 6.07) is 0. The molecule has 22 heavy (non-hydrogen) atoms. The van der Waals surface area contributed by atoms with Crippen molar-refractivity contribution in [3.8, 4) is 0 Å². The first-order valence-electron chi connectivity index (χ1n) is 6.57. The molecule has 0 aromatic heterocycles. The monoisotopic (exact) mass is 343 g/mol. The summed E-state index contributed by atoms with van der Waals surface area (Å²) >= 11 is 0. The lowest BCUT2D eigenvalue weighted by atomic mass is 9.97. The molecule has 0 bridgehead atoms. The normalized spacial score (nSPS) is 30.8. The zero-order valence-electron chi connectivity index (χ0n) is 11.7. The standard InChI is InChI=1S/C11H16F3N3O4S/c1-22(20,21)16-6-2-3-8(7-16)9(18)17-10(19,4-5-15-17)11(12,13)14/h5,8,19H,2-4,6-7H2,1H3/t8-,10+/m1/s1. The molecule has 2 heterocycles. The fourth-order valence-corrected chi connectivity index (χ4v) is 3.44. The van der Waals surface area contributed by atoms with E-state index >= 15 is 0 Å². The van der Waals surface area contributed by atoms with Gasteiger partial charge in [-0.05, 0) is 12.8 Å². The zero-order chi connectivity index (χ0) is 16.8. The van der Waals surface area contributed by atoms with Gasteiger partial charge in [-0.15, -0.1) is 0 Å². The third-order valence-electron chi connectivity index (χ3n) is 3.79. The quantitative estimate of drug-likeness (QED) is 0.771. The summed E-state index contributed by atoms with van der Waals surface area (Å²) in [7, 11) is -3.53. The minimum Gasteiger partial charge on any atom is -0.362 e. The highest BCUT2D eigenvalue weighted by molar-refractivity contribution is 7.88. The van der Waals surface area contributed by atoms with Crippen molar-refractivity contribution in [2.24, 2.45) is 11.0 Å². The summed E-state index contributed by atoms with van der Waals surface area (Å²) in [6.07, 6.45) is -3.51. The van der Waals surface area contributed by atoms with Crippen LogP contribution in [0.5, 0.6) is 0 Å². The Labute approximate surface area is 125 Å². The highest BCUT2D eigenvalue weighted by atomic mass is 32.2. The van der Waals surface area contributed by atoms with Gasteiger partial charge in [-0.1, -0.05) is 0 Å². The molecule has 1 amide bonds. The first kappa shape index (κ1) is 17.2. The van der Waals surface area contributed by atoms with E-state index in [1.165, 1.54) is 0 Å². The SMILES string of the molecule is CS(=O)(=O)N1CCC[C@@H](C(=O)N2N=CC[C@]2(O)C(F)(F)F)C1. The van der Waals surface area contributed by atoms with Crippen LogP contribution < -0.4 is 0 Å². The van der Waals surface area contributed by atoms with Gasteiger partial charge < -0.3 is 5.11 Å². The number of nitrogens with zero attached hydrogens (tertiary/aromatic N) is 3. The molecule has 0 unspecified atom stereocenters. The number of carbonyl (C=O) groups excluding carboxylic acids is 1. The summed E-state index contributed by atoms with van der Waals surface area (Å²) in [5.41, 5.74) is -3.36. The lowest BCUT2D eigenvalue weighted by Gasteiger charge is -2.37. The molecule has 0 aromatic rings. The van der Waals surface area contributed by atoms with Gasteiger partial charge in [0.2, 0.25) is 15.9 Å². The van der Waals surface area contributed by atoms with Crippen LogP contribution >= 0.6 is 0 Å². The molecule has 2 rings (SSSR count). The van der Waals surface area contributed by atoms with Gasteiger partial charge in [0, 0.05) is 25.7 Å². The van der Waals surface area contributed by atoms with Crippen molar-refractivity contribution in [2.45, 2.75) is 31.2 Å². The van der Waals surface area contributed by atoms with Gasteiger partial charge in [-0.3, -0.25) is 4.79 Å². The van der Waals surface area contributed by atoms with Crippen molar-refractivity contribution in [3.63, 3.8) is 0 Å². The van der Waals surface area contributed by atoms with Crippen LogP contribution in [0.4, 0.5) is 13.2 Å². The second-order valence-electron chi connectivity index (χ2n) is 5.43. The molecule has 1 saturated heterocycles. The van der Waals surface area contributed by atoms with Crippen LogP contribution in [-0.4, -0.2) is 66.2 Å². The Morgan fingerprint density at radius 3 is 2.64 bits per heavy atom. The minimum absolute atomic E-state index is 0.0312. The van der Waals surface area contributed by atoms with Crippen LogP contribution in [0.3, 0.4) is 0 Å². The summed E-state index contributed by atoms with van der Waals surface area (Å²) in [5, 5.41) is 13.1. The van der Waals surface area contributed by atoms with Crippen LogP contribution in [0.2, 0.25) is 0 Å². The number of amides is 1. The fourth-order valence-electron chi connectivity index (χ4n) is 2.52. The molecule has 2 aliphatic heterocycles. The number of hydrazone groups is 1. The van der Waals surface area contributed by atoms with Crippen LogP contribution in [0.15, 0.2) is 5.10 Å². The van der Waals surface area contributed by atoms with Gasteiger partial charge in [-0.25, -0.2) is 12.7 Å². The smallest absolute Gasteiger partial charge is 0.362 e. The van der Waals surface area contributed by atoms with E-state index in [2.05, 4.69) is 5.10 Å². The largest absolute Gasteiger partial charge is 0.438 e. The summed E-state index contributed by atoms with van der Waals surface area (Å²) < 4.78 is 62.9. The molecular formula is C11H16F3N3O4S. The Bertz CT molecular complexity index is 592. The van der Waals surface area contributed by atoms with Crippen LogP contribution in [0.1, 0.15) is 19.3 Å². The highest BCUT2D eigenvalue weighted by Crippen LogP contribution is 2.39. The summed E-state index contributed by atoms with van der Waals surface area (Å²) in [4.78, 5) is 12.3. The Morgan fingerprint density at radius 1 is 1.45 bits per heavy atom. The van der Waals surface area contributed by atoms with E-state index < -0.39 is 40.2 Å². The molecular weight excluding hydrogens is 327 g/mol. The van der Waals surface area contributed by atoms with Crippen LogP contribution in [-0.2, 0) is 14.8 Å². The van der Waals surface area contributed by atoms with Crippen LogP contribution in [0.25, 0.3) is 0 Å². The number of carbonyl (C=O) groups is 1. The Hall–Kier alpha value is -1.20. The lowest BCUT2D eigenvalue weighted by molar-refractivity contribution is -0.303. The molecule has 7 nitrogen and oxygen atoms in total. The molecule has 2 aliphatic rings. The first-order valence-corrected chi connectivity index (χ1v) is 8.42. The van der Waals surface area contributed by atoms with E-state index in [1.807, 2.05) is 0 Å². The second kappa shape index (κ2) is 5.46. The van der Waals surface area contributed by atoms with Crippen molar-refractivity contribution in [1.29, 1.82) is 0 Å². The second-order valence-corrected chi connectivity index (χ2v) is 7.41. The maximum Gasteiger partial charge on any atom is 0.438 e. The van der Waals surface area contributed by atoms with Crippen LogP contribution in [0, 0.1) is 5.92 Å². The number of hydrogen-bond acceptors (Lipinski definition) is 5. The molecule has 126 valence electrons. The predicted molar refractivity (Wildman–Crippen MR) is 70.1 cm³/mol. The third-order valence-corrected chi connectivity index (χ3v) is 5.06. The Morgan fingerprint density at radius 2 is 2.09 bits per heavy atom. The third kappa shape index (κ3) is 2.97. The van der Waals surface area contributed by atoms with Crippen molar-refractivity contribution in [3.05, 3.63) is 0 Å². The fraction of sp³-hybridized carbons (Fsp3) is 0.818. The van der Waals surface area contributed by atoms with E-state index in [9.17, 15) is 31.5 Å². The molecule has 0 aromatic carbocycles. The lowest BCUT2D eigenvalue weighted by Crippen LogP contribution is -2.58. The van der Waals surface area contributed by atoms with Gasteiger partial charge >= 0.3 is 6.18 Å². The van der Waals surface area contributed by atoms with Crippen molar-refractivity contribution < 1.29 is 31.5 Å². The average molecular weight is 343 g/mol. The molecule has 0 saturated carbocycles. The van der Waals surface area contributed by atoms with Crippen molar-refractivity contribution >= 4 is 22.1 Å². The number of halogens is 3. The summed E-state index contributed by atoms with van der Waals surface area (Å²) in [6.45, 7) is 0.00699. The summed E-state index contributed by atoms with van der Waals surface area (Å²) in [5.74, 6) is -1.99. The molecule has 0 aliphatic carbocycles. The van der Waals surface area contributed by atoms with E-state index in [4.69, 9.17) is 0 Å². The minimum atomic E-state index is -5.05. The van der Waals surface area contributed by atoms with Gasteiger partial charge in [0.05, 0.1) is 12.2 Å². The number of hydrogen-bond donors (Lipinski definition) is 1. The topological polar surface area (TPSA) is 90.3 Å². The predicted octanol–water partition coefficient (Wildman–Crippen LogP) is 0.127. The van der Waals surface area contributed by atoms with E-state index in [1.54, 1.807) is 0 Å². The molecule has 0 radical (unpaired) electrons. The Kier molecular flexibility index (Phi) is 4.26.